The van der Waals surface area contributed by atoms with Crippen LogP contribution < -0.4 is 4.90 Å². The van der Waals surface area contributed by atoms with Crippen LogP contribution >= 0.6 is 0 Å². The van der Waals surface area contributed by atoms with E-state index in [1.54, 1.807) is 30.9 Å². The minimum atomic E-state index is -0.780. The highest BCUT2D eigenvalue weighted by Crippen LogP contribution is 2.34. The number of para-hydroxylation sites is 1. The number of hydrogen-bond acceptors (Lipinski definition) is 3. The summed E-state index contributed by atoms with van der Waals surface area (Å²) in [6, 6.07) is 4.69. The van der Waals surface area contributed by atoms with E-state index in [1.807, 2.05) is 0 Å². The van der Waals surface area contributed by atoms with Gasteiger partial charge in [-0.2, -0.15) is 0 Å². The third kappa shape index (κ3) is 2.42. The Morgan fingerprint density at radius 2 is 2.18 bits per heavy atom. The molecule has 2 rings (SSSR count). The maximum absolute atomic E-state index is 13.9. The first-order valence-electron chi connectivity index (χ1n) is 5.84. The smallest absolute Gasteiger partial charge is 0.146 e. The number of aliphatic hydroxyl groups excluding tert-OH is 1. The molecule has 17 heavy (non-hydrogen) atoms. The van der Waals surface area contributed by atoms with E-state index in [2.05, 4.69) is 0 Å². The largest absolute Gasteiger partial charge is 0.389 e. The fourth-order valence-electron chi connectivity index (χ4n) is 2.34. The lowest BCUT2D eigenvalue weighted by molar-refractivity contribution is 0.0838. The fourth-order valence-corrected chi connectivity index (χ4v) is 2.34. The van der Waals surface area contributed by atoms with Gasteiger partial charge in [0.1, 0.15) is 5.82 Å². The van der Waals surface area contributed by atoms with Gasteiger partial charge in [-0.3, -0.25) is 0 Å². The van der Waals surface area contributed by atoms with E-state index >= 15 is 0 Å². The minimum absolute atomic E-state index is 0.346. The third-order valence-corrected chi connectivity index (χ3v) is 3.24. The normalized spacial score (nSPS) is 26.3. The molecule has 1 aromatic carbocycles. The second-order valence-electron chi connectivity index (χ2n) is 5.02. The van der Waals surface area contributed by atoms with Crippen molar-refractivity contribution < 1.29 is 14.6 Å². The average Bonchev–Trinajstić information content (AvgIpc) is 2.58. The lowest BCUT2D eigenvalue weighted by Gasteiger charge is -2.25. The van der Waals surface area contributed by atoms with Gasteiger partial charge in [-0.15, -0.1) is 0 Å². The lowest BCUT2D eigenvalue weighted by atomic mass is 10.1. The molecule has 1 saturated heterocycles. The van der Waals surface area contributed by atoms with Crippen molar-refractivity contribution in [3.63, 3.8) is 0 Å². The summed E-state index contributed by atoms with van der Waals surface area (Å²) in [7, 11) is 0. The van der Waals surface area contributed by atoms with Crippen LogP contribution in [-0.4, -0.2) is 28.9 Å². The SMILES string of the molecule is C[C@H](O)c1cccc(F)c1N1CCC(C)(O)C1. The van der Waals surface area contributed by atoms with Crippen LogP contribution in [0.4, 0.5) is 10.1 Å². The molecule has 94 valence electrons. The van der Waals surface area contributed by atoms with Crippen LogP contribution in [0.2, 0.25) is 0 Å². The molecular formula is C13H18FNO2. The van der Waals surface area contributed by atoms with Gasteiger partial charge in [0.15, 0.2) is 0 Å². The predicted molar refractivity (Wildman–Crippen MR) is 64.5 cm³/mol. The second kappa shape index (κ2) is 4.27. The fraction of sp³-hybridized carbons (Fsp3) is 0.538. The highest BCUT2D eigenvalue weighted by Gasteiger charge is 2.33. The molecule has 2 N–H and O–H groups in total. The van der Waals surface area contributed by atoms with Gasteiger partial charge in [0.05, 0.1) is 17.4 Å². The summed E-state index contributed by atoms with van der Waals surface area (Å²) in [4.78, 5) is 1.80. The van der Waals surface area contributed by atoms with E-state index in [9.17, 15) is 14.6 Å². The van der Waals surface area contributed by atoms with E-state index in [4.69, 9.17) is 0 Å². The molecule has 0 bridgehead atoms. The van der Waals surface area contributed by atoms with Crippen molar-refractivity contribution in [1.82, 2.24) is 0 Å². The Balaban J connectivity index is 2.38. The summed E-state index contributed by atoms with van der Waals surface area (Å²) >= 11 is 0. The molecule has 1 fully saturated rings. The Morgan fingerprint density at radius 3 is 2.71 bits per heavy atom. The summed E-state index contributed by atoms with van der Waals surface area (Å²) in [5.41, 5.74) is 0.209. The highest BCUT2D eigenvalue weighted by molar-refractivity contribution is 5.57. The molecule has 0 aliphatic carbocycles. The van der Waals surface area contributed by atoms with E-state index in [1.165, 1.54) is 6.07 Å². The quantitative estimate of drug-likeness (QED) is 0.827. The molecule has 0 radical (unpaired) electrons. The zero-order valence-corrected chi connectivity index (χ0v) is 10.2. The number of aliphatic hydroxyl groups is 2. The summed E-state index contributed by atoms with van der Waals surface area (Å²) in [6.07, 6.45) is -0.105. The monoisotopic (exact) mass is 239 g/mol. The van der Waals surface area contributed by atoms with Crippen LogP contribution in [0, 0.1) is 5.82 Å². The maximum Gasteiger partial charge on any atom is 0.146 e. The molecule has 3 nitrogen and oxygen atoms in total. The third-order valence-electron chi connectivity index (χ3n) is 3.24. The Morgan fingerprint density at radius 1 is 1.47 bits per heavy atom. The number of rotatable bonds is 2. The number of halogens is 1. The summed E-state index contributed by atoms with van der Waals surface area (Å²) in [5, 5.41) is 19.6. The van der Waals surface area contributed by atoms with Gasteiger partial charge in [-0.1, -0.05) is 12.1 Å². The van der Waals surface area contributed by atoms with Gasteiger partial charge in [0, 0.05) is 18.7 Å². The molecule has 0 amide bonds. The topological polar surface area (TPSA) is 43.7 Å². The number of nitrogens with zero attached hydrogens (tertiary/aromatic N) is 1. The summed E-state index contributed by atoms with van der Waals surface area (Å²) < 4.78 is 13.9. The Labute approximate surface area is 100 Å². The predicted octanol–water partition coefficient (Wildman–Crippen LogP) is 1.84. The Hall–Kier alpha value is -1.13. The van der Waals surface area contributed by atoms with Crippen molar-refractivity contribution in [3.05, 3.63) is 29.6 Å². The van der Waals surface area contributed by atoms with Gasteiger partial charge in [0.25, 0.3) is 0 Å². The molecule has 4 heteroatoms. The summed E-state index contributed by atoms with van der Waals surface area (Å²) in [6.45, 7) is 4.36. The number of hydrogen-bond donors (Lipinski definition) is 2. The van der Waals surface area contributed by atoms with Crippen LogP contribution in [0.5, 0.6) is 0 Å². The Bertz CT molecular complexity index is 418. The first-order valence-corrected chi connectivity index (χ1v) is 5.84. The van der Waals surface area contributed by atoms with E-state index < -0.39 is 11.7 Å². The molecule has 1 aliphatic heterocycles. The first-order chi connectivity index (χ1) is 7.91. The molecule has 1 aromatic rings. The molecule has 1 unspecified atom stereocenters. The van der Waals surface area contributed by atoms with Crippen molar-refractivity contribution >= 4 is 5.69 Å². The molecule has 0 aromatic heterocycles. The average molecular weight is 239 g/mol. The summed E-state index contributed by atoms with van der Waals surface area (Å²) in [5.74, 6) is -0.346. The van der Waals surface area contributed by atoms with Crippen LogP contribution in [0.25, 0.3) is 0 Å². The van der Waals surface area contributed by atoms with Gasteiger partial charge in [-0.05, 0) is 26.3 Å². The molecule has 0 saturated carbocycles. The van der Waals surface area contributed by atoms with Crippen molar-refractivity contribution in [2.45, 2.75) is 32.0 Å². The van der Waals surface area contributed by atoms with Gasteiger partial charge >= 0.3 is 0 Å². The number of benzene rings is 1. The van der Waals surface area contributed by atoms with Crippen LogP contribution in [0.15, 0.2) is 18.2 Å². The molecule has 0 spiro atoms. The molecule has 1 aliphatic rings. The van der Waals surface area contributed by atoms with E-state index in [0.29, 0.717) is 30.8 Å². The first kappa shape index (κ1) is 12.3. The minimum Gasteiger partial charge on any atom is -0.389 e. The van der Waals surface area contributed by atoms with Gasteiger partial charge in [0.2, 0.25) is 0 Å². The lowest BCUT2D eigenvalue weighted by Crippen LogP contribution is -2.30. The number of anilines is 1. The molecule has 1 heterocycles. The van der Waals surface area contributed by atoms with Crippen LogP contribution in [0.3, 0.4) is 0 Å². The van der Waals surface area contributed by atoms with Crippen molar-refractivity contribution in [2.75, 3.05) is 18.0 Å². The van der Waals surface area contributed by atoms with Gasteiger partial charge < -0.3 is 15.1 Å². The zero-order chi connectivity index (χ0) is 12.6. The second-order valence-corrected chi connectivity index (χ2v) is 5.02. The van der Waals surface area contributed by atoms with Crippen molar-refractivity contribution in [1.29, 1.82) is 0 Å². The highest BCUT2D eigenvalue weighted by atomic mass is 19.1. The van der Waals surface area contributed by atoms with Crippen molar-refractivity contribution in [3.8, 4) is 0 Å². The van der Waals surface area contributed by atoms with Crippen molar-refractivity contribution in [2.24, 2.45) is 0 Å². The van der Waals surface area contributed by atoms with Gasteiger partial charge in [-0.25, -0.2) is 4.39 Å². The standard InChI is InChI=1S/C13H18FNO2/c1-9(16)10-4-3-5-11(14)12(10)15-7-6-13(2,17)8-15/h3-5,9,16-17H,6-8H2,1-2H3/t9-,13?/m0/s1. The Kier molecular flexibility index (Phi) is 3.10. The molecular weight excluding hydrogens is 221 g/mol. The molecule has 2 atom stereocenters. The van der Waals surface area contributed by atoms with E-state index in [-0.39, 0.29) is 5.82 Å². The van der Waals surface area contributed by atoms with Crippen LogP contribution in [-0.2, 0) is 0 Å². The zero-order valence-electron chi connectivity index (χ0n) is 10.2. The number of β-amino-alcohol motifs (C(OH)–C–C–N with tert-alkyl or cyclic N) is 1. The van der Waals surface area contributed by atoms with E-state index in [0.717, 1.165) is 0 Å². The van der Waals surface area contributed by atoms with Crippen LogP contribution in [0.1, 0.15) is 31.9 Å². The maximum atomic E-state index is 13.9.